The molecule has 4 aliphatic rings. The molecule has 3 fully saturated rings. The second-order valence-electron chi connectivity index (χ2n) is 8.05. The Morgan fingerprint density at radius 3 is 2.56 bits per heavy atom. The molecule has 1 aromatic heterocycles. The fourth-order valence-corrected chi connectivity index (χ4v) is 5.08. The monoisotopic (exact) mass is 338 g/mol. The molecule has 2 bridgehead atoms. The SMILES string of the molecule is Cc1noc(CN2C[C@H]3CC[C@@H]2CN(C2Cc4ccccc4C2)C3)n1. The van der Waals surface area contributed by atoms with Crippen LogP contribution in [0.1, 0.15) is 35.7 Å². The van der Waals surface area contributed by atoms with E-state index in [-0.39, 0.29) is 0 Å². The van der Waals surface area contributed by atoms with Crippen LogP contribution in [-0.4, -0.2) is 51.7 Å². The second kappa shape index (κ2) is 6.22. The van der Waals surface area contributed by atoms with Crippen molar-refractivity contribution >= 4 is 0 Å². The van der Waals surface area contributed by atoms with Crippen molar-refractivity contribution in [2.75, 3.05) is 19.6 Å². The standard InChI is InChI=1S/C20H26N4O/c1-14-21-20(25-22-14)13-24-11-15-6-7-18(24)12-23(10-15)19-8-16-4-2-3-5-17(16)9-19/h2-5,15,18-19H,6-13H2,1H3/t15-,18+/m0/s1. The number of rotatable bonds is 3. The molecule has 25 heavy (non-hydrogen) atoms. The number of fused-ring (bicyclic) bond motifs is 5. The van der Waals surface area contributed by atoms with Crippen LogP contribution in [-0.2, 0) is 19.4 Å². The number of hydrogen-bond donors (Lipinski definition) is 0. The molecule has 5 nitrogen and oxygen atoms in total. The highest BCUT2D eigenvalue weighted by atomic mass is 16.5. The molecular weight excluding hydrogens is 312 g/mol. The summed E-state index contributed by atoms with van der Waals surface area (Å²) in [6, 6.07) is 10.3. The summed E-state index contributed by atoms with van der Waals surface area (Å²) in [6.07, 6.45) is 5.10. The van der Waals surface area contributed by atoms with Crippen LogP contribution in [0.2, 0.25) is 0 Å². The Morgan fingerprint density at radius 2 is 1.84 bits per heavy atom. The molecule has 0 amide bonds. The molecule has 1 aromatic carbocycles. The molecule has 132 valence electrons. The van der Waals surface area contributed by atoms with Crippen molar-refractivity contribution in [1.29, 1.82) is 0 Å². The van der Waals surface area contributed by atoms with E-state index in [1.54, 1.807) is 11.1 Å². The summed E-state index contributed by atoms with van der Waals surface area (Å²) in [5.74, 6) is 2.27. The average Bonchev–Trinajstić information content (AvgIpc) is 3.11. The molecule has 3 aliphatic heterocycles. The van der Waals surface area contributed by atoms with Gasteiger partial charge in [-0.15, -0.1) is 0 Å². The minimum absolute atomic E-state index is 0.620. The summed E-state index contributed by atoms with van der Waals surface area (Å²) in [7, 11) is 0. The van der Waals surface area contributed by atoms with E-state index in [1.807, 2.05) is 6.92 Å². The van der Waals surface area contributed by atoms with Gasteiger partial charge in [0.2, 0.25) is 5.89 Å². The van der Waals surface area contributed by atoms with E-state index in [4.69, 9.17) is 4.52 Å². The predicted molar refractivity (Wildman–Crippen MR) is 95.2 cm³/mol. The van der Waals surface area contributed by atoms with Gasteiger partial charge in [-0.3, -0.25) is 9.80 Å². The highest BCUT2D eigenvalue weighted by molar-refractivity contribution is 5.33. The van der Waals surface area contributed by atoms with Crippen LogP contribution in [0.3, 0.4) is 0 Å². The van der Waals surface area contributed by atoms with E-state index in [0.29, 0.717) is 12.1 Å². The number of benzene rings is 1. The maximum absolute atomic E-state index is 5.37. The maximum atomic E-state index is 5.37. The van der Waals surface area contributed by atoms with Crippen LogP contribution >= 0.6 is 0 Å². The predicted octanol–water partition coefficient (Wildman–Crippen LogP) is 2.44. The van der Waals surface area contributed by atoms with Gasteiger partial charge in [0.15, 0.2) is 5.82 Å². The summed E-state index contributed by atoms with van der Waals surface area (Å²) >= 11 is 0. The molecule has 0 unspecified atom stereocenters. The third-order valence-corrected chi connectivity index (χ3v) is 6.31. The van der Waals surface area contributed by atoms with Gasteiger partial charge in [-0.2, -0.15) is 4.98 Å². The fraction of sp³-hybridized carbons (Fsp3) is 0.600. The smallest absolute Gasteiger partial charge is 0.240 e. The number of piperidine rings is 1. The Morgan fingerprint density at radius 1 is 1.04 bits per heavy atom. The van der Waals surface area contributed by atoms with Crippen LogP contribution in [0.4, 0.5) is 0 Å². The van der Waals surface area contributed by atoms with Gasteiger partial charge in [0.05, 0.1) is 6.54 Å². The number of hydrogen-bond acceptors (Lipinski definition) is 5. The molecule has 6 rings (SSSR count). The molecule has 1 aliphatic carbocycles. The highest BCUT2D eigenvalue weighted by Gasteiger charge is 2.38. The molecule has 2 atom stereocenters. The van der Waals surface area contributed by atoms with Gasteiger partial charge in [-0.05, 0) is 49.7 Å². The average molecular weight is 338 g/mol. The maximum Gasteiger partial charge on any atom is 0.240 e. The second-order valence-corrected chi connectivity index (χ2v) is 8.05. The summed E-state index contributed by atoms with van der Waals surface area (Å²) in [5, 5.41) is 3.95. The van der Waals surface area contributed by atoms with Crippen LogP contribution in [0.25, 0.3) is 0 Å². The molecule has 0 radical (unpaired) electrons. The van der Waals surface area contributed by atoms with Crippen LogP contribution in [0, 0.1) is 12.8 Å². The van der Waals surface area contributed by atoms with E-state index in [0.717, 1.165) is 24.2 Å². The first-order valence-corrected chi connectivity index (χ1v) is 9.58. The fourth-order valence-electron chi connectivity index (χ4n) is 5.08. The van der Waals surface area contributed by atoms with E-state index >= 15 is 0 Å². The Labute approximate surface area is 149 Å². The Kier molecular flexibility index (Phi) is 3.86. The van der Waals surface area contributed by atoms with Crippen molar-refractivity contribution in [2.45, 2.75) is 51.2 Å². The van der Waals surface area contributed by atoms with Crippen molar-refractivity contribution in [3.63, 3.8) is 0 Å². The first kappa shape index (κ1) is 15.5. The van der Waals surface area contributed by atoms with Gasteiger partial charge in [0.25, 0.3) is 0 Å². The van der Waals surface area contributed by atoms with Gasteiger partial charge < -0.3 is 4.52 Å². The van der Waals surface area contributed by atoms with Gasteiger partial charge >= 0.3 is 0 Å². The number of nitrogens with zero attached hydrogens (tertiary/aromatic N) is 4. The van der Waals surface area contributed by atoms with Crippen LogP contribution in [0.15, 0.2) is 28.8 Å². The Balaban J connectivity index is 1.30. The van der Waals surface area contributed by atoms with Crippen molar-refractivity contribution in [3.8, 4) is 0 Å². The largest absolute Gasteiger partial charge is 0.338 e. The molecule has 2 aromatic rings. The zero-order chi connectivity index (χ0) is 16.8. The van der Waals surface area contributed by atoms with Crippen molar-refractivity contribution < 1.29 is 4.52 Å². The first-order valence-electron chi connectivity index (χ1n) is 9.58. The van der Waals surface area contributed by atoms with Crippen LogP contribution in [0.5, 0.6) is 0 Å². The molecule has 4 heterocycles. The molecule has 5 heteroatoms. The normalized spacial score (nSPS) is 27.6. The molecule has 0 saturated carbocycles. The lowest BCUT2D eigenvalue weighted by Gasteiger charge is -2.35. The van der Waals surface area contributed by atoms with E-state index in [2.05, 4.69) is 44.2 Å². The van der Waals surface area contributed by atoms with Gasteiger partial charge in [0, 0.05) is 31.7 Å². The lowest BCUT2D eigenvalue weighted by atomic mass is 9.95. The number of aromatic nitrogens is 2. The van der Waals surface area contributed by atoms with Gasteiger partial charge in [-0.1, -0.05) is 29.4 Å². The Bertz CT molecular complexity index is 733. The van der Waals surface area contributed by atoms with Crippen molar-refractivity contribution in [2.24, 2.45) is 5.92 Å². The lowest BCUT2D eigenvalue weighted by molar-refractivity contribution is 0.107. The van der Waals surface area contributed by atoms with Gasteiger partial charge in [0.1, 0.15) is 0 Å². The van der Waals surface area contributed by atoms with E-state index < -0.39 is 0 Å². The molecule has 0 spiro atoms. The molecular formula is C20H26N4O. The minimum Gasteiger partial charge on any atom is -0.338 e. The highest BCUT2D eigenvalue weighted by Crippen LogP contribution is 2.33. The zero-order valence-corrected chi connectivity index (χ0v) is 14.9. The van der Waals surface area contributed by atoms with E-state index in [1.165, 1.54) is 45.3 Å². The topological polar surface area (TPSA) is 45.4 Å². The summed E-state index contributed by atoms with van der Waals surface area (Å²) in [6.45, 7) is 6.29. The molecule has 0 N–H and O–H groups in total. The number of aryl methyl sites for hydroxylation is 1. The molecule has 3 saturated heterocycles. The zero-order valence-electron chi connectivity index (χ0n) is 14.9. The first-order chi connectivity index (χ1) is 12.2. The quantitative estimate of drug-likeness (QED) is 0.860. The van der Waals surface area contributed by atoms with Gasteiger partial charge in [-0.25, -0.2) is 0 Å². The van der Waals surface area contributed by atoms with Crippen molar-refractivity contribution in [1.82, 2.24) is 19.9 Å². The Hall–Kier alpha value is -1.72. The third kappa shape index (κ3) is 3.00. The summed E-state index contributed by atoms with van der Waals surface area (Å²) in [5.41, 5.74) is 3.12. The van der Waals surface area contributed by atoms with Crippen LogP contribution < -0.4 is 0 Å². The van der Waals surface area contributed by atoms with E-state index in [9.17, 15) is 0 Å². The lowest BCUT2D eigenvalue weighted by Crippen LogP contribution is -2.44. The van der Waals surface area contributed by atoms with Crippen molar-refractivity contribution in [3.05, 3.63) is 47.1 Å². The summed E-state index contributed by atoms with van der Waals surface area (Å²) in [4.78, 5) is 9.78. The summed E-state index contributed by atoms with van der Waals surface area (Å²) < 4.78 is 5.37. The third-order valence-electron chi connectivity index (χ3n) is 6.31. The minimum atomic E-state index is 0.620.